The largest absolute Gasteiger partial charge is 0.507 e. The van der Waals surface area contributed by atoms with E-state index in [4.69, 9.17) is 0 Å². The summed E-state index contributed by atoms with van der Waals surface area (Å²) in [5.74, 6) is -0.167. The summed E-state index contributed by atoms with van der Waals surface area (Å²) in [5.41, 5.74) is 3.50. The molecule has 0 radical (unpaired) electrons. The lowest BCUT2D eigenvalue weighted by Crippen LogP contribution is -2.17. The molecule has 0 saturated heterocycles. The van der Waals surface area contributed by atoms with Gasteiger partial charge in [-0.1, -0.05) is 18.2 Å². The standard InChI is InChI=1S/C14H11IN2O2/c15-12-6-7-13(18)11(8-12)9-16-17-14(19)10-4-2-1-3-5-10/h1-9,18H,(H,17,19)/b16-9+. The van der Waals surface area contributed by atoms with Crippen LogP contribution in [0.5, 0.6) is 5.75 Å². The van der Waals surface area contributed by atoms with Crippen molar-refractivity contribution in [1.29, 1.82) is 0 Å². The highest BCUT2D eigenvalue weighted by molar-refractivity contribution is 14.1. The van der Waals surface area contributed by atoms with Crippen LogP contribution in [-0.4, -0.2) is 17.2 Å². The average Bonchev–Trinajstić information content (AvgIpc) is 2.43. The molecule has 0 aliphatic carbocycles. The van der Waals surface area contributed by atoms with Gasteiger partial charge in [-0.2, -0.15) is 5.10 Å². The van der Waals surface area contributed by atoms with Crippen LogP contribution in [0.3, 0.4) is 0 Å². The summed E-state index contributed by atoms with van der Waals surface area (Å²) in [6.45, 7) is 0. The molecule has 0 aromatic heterocycles. The molecule has 0 atom stereocenters. The van der Waals surface area contributed by atoms with Gasteiger partial charge in [-0.25, -0.2) is 5.43 Å². The number of halogens is 1. The Kier molecular flexibility index (Phi) is 4.51. The van der Waals surface area contributed by atoms with E-state index in [0.29, 0.717) is 11.1 Å². The molecule has 2 aromatic rings. The number of amides is 1. The minimum absolute atomic E-state index is 0.123. The molecule has 0 aliphatic rings. The first-order chi connectivity index (χ1) is 9.16. The topological polar surface area (TPSA) is 61.7 Å². The first-order valence-corrected chi connectivity index (χ1v) is 6.61. The molecule has 0 bridgehead atoms. The second-order valence-corrected chi connectivity index (χ2v) is 5.01. The van der Waals surface area contributed by atoms with Crippen LogP contribution in [0.25, 0.3) is 0 Å². The van der Waals surface area contributed by atoms with Crippen LogP contribution in [0.4, 0.5) is 0 Å². The van der Waals surface area contributed by atoms with Crippen molar-refractivity contribution in [3.8, 4) is 5.75 Å². The summed E-state index contributed by atoms with van der Waals surface area (Å²) in [5, 5.41) is 13.4. The molecule has 0 aliphatic heterocycles. The van der Waals surface area contributed by atoms with E-state index in [0.717, 1.165) is 3.57 Å². The molecular weight excluding hydrogens is 355 g/mol. The van der Waals surface area contributed by atoms with Crippen molar-refractivity contribution in [2.45, 2.75) is 0 Å². The van der Waals surface area contributed by atoms with E-state index in [2.05, 4.69) is 33.1 Å². The number of hydrazone groups is 1. The summed E-state index contributed by atoms with van der Waals surface area (Å²) in [7, 11) is 0. The molecule has 0 heterocycles. The molecule has 0 spiro atoms. The Morgan fingerprint density at radius 2 is 1.95 bits per heavy atom. The molecule has 0 unspecified atom stereocenters. The van der Waals surface area contributed by atoms with Crippen LogP contribution in [0.1, 0.15) is 15.9 Å². The normalized spacial score (nSPS) is 10.6. The lowest BCUT2D eigenvalue weighted by molar-refractivity contribution is 0.0955. The van der Waals surface area contributed by atoms with Crippen molar-refractivity contribution < 1.29 is 9.90 Å². The number of phenolic OH excluding ortho intramolecular Hbond substituents is 1. The minimum Gasteiger partial charge on any atom is -0.507 e. The Morgan fingerprint density at radius 3 is 2.68 bits per heavy atom. The van der Waals surface area contributed by atoms with Crippen molar-refractivity contribution in [1.82, 2.24) is 5.43 Å². The van der Waals surface area contributed by atoms with Gasteiger partial charge in [0.1, 0.15) is 5.75 Å². The maximum Gasteiger partial charge on any atom is 0.271 e. The lowest BCUT2D eigenvalue weighted by Gasteiger charge is -2.00. The van der Waals surface area contributed by atoms with Gasteiger partial charge >= 0.3 is 0 Å². The number of rotatable bonds is 3. The quantitative estimate of drug-likeness (QED) is 0.499. The number of carbonyl (C=O) groups is 1. The van der Waals surface area contributed by atoms with Crippen LogP contribution in [0.15, 0.2) is 53.6 Å². The van der Waals surface area contributed by atoms with E-state index >= 15 is 0 Å². The molecule has 2 rings (SSSR count). The van der Waals surface area contributed by atoms with Crippen LogP contribution in [0, 0.1) is 3.57 Å². The van der Waals surface area contributed by atoms with Gasteiger partial charge in [0.05, 0.1) is 6.21 Å². The number of hydrogen-bond donors (Lipinski definition) is 2. The Hall–Kier alpha value is -1.89. The SMILES string of the molecule is O=C(N/N=C/c1cc(I)ccc1O)c1ccccc1. The van der Waals surface area contributed by atoms with E-state index in [-0.39, 0.29) is 11.7 Å². The average molecular weight is 366 g/mol. The van der Waals surface area contributed by atoms with Crippen LogP contribution in [0.2, 0.25) is 0 Å². The Bertz CT molecular complexity index is 612. The van der Waals surface area contributed by atoms with Gasteiger partial charge in [0, 0.05) is 14.7 Å². The molecule has 2 N–H and O–H groups in total. The summed E-state index contributed by atoms with van der Waals surface area (Å²) < 4.78 is 0.978. The highest BCUT2D eigenvalue weighted by Crippen LogP contribution is 2.17. The van der Waals surface area contributed by atoms with E-state index in [1.807, 2.05) is 6.07 Å². The van der Waals surface area contributed by atoms with Gasteiger partial charge in [-0.05, 0) is 52.9 Å². The van der Waals surface area contributed by atoms with Gasteiger partial charge in [0.2, 0.25) is 0 Å². The fourth-order valence-electron chi connectivity index (χ4n) is 1.44. The number of carbonyl (C=O) groups excluding carboxylic acids is 1. The number of aromatic hydroxyl groups is 1. The third kappa shape index (κ3) is 3.78. The highest BCUT2D eigenvalue weighted by atomic mass is 127. The summed E-state index contributed by atoms with van der Waals surface area (Å²) in [4.78, 5) is 11.7. The van der Waals surface area contributed by atoms with Crippen LogP contribution in [-0.2, 0) is 0 Å². The van der Waals surface area contributed by atoms with Crippen molar-refractivity contribution >= 4 is 34.7 Å². The first kappa shape index (κ1) is 13.5. The van der Waals surface area contributed by atoms with Crippen molar-refractivity contribution in [3.05, 3.63) is 63.2 Å². The molecule has 0 saturated carbocycles. The zero-order valence-electron chi connectivity index (χ0n) is 9.88. The van der Waals surface area contributed by atoms with Gasteiger partial charge < -0.3 is 5.11 Å². The number of nitrogens with one attached hydrogen (secondary N) is 1. The van der Waals surface area contributed by atoms with Crippen molar-refractivity contribution in [2.24, 2.45) is 5.10 Å². The van der Waals surface area contributed by atoms with Crippen molar-refractivity contribution in [3.63, 3.8) is 0 Å². The van der Waals surface area contributed by atoms with Gasteiger partial charge in [-0.15, -0.1) is 0 Å². The van der Waals surface area contributed by atoms with Gasteiger partial charge in [-0.3, -0.25) is 4.79 Å². The number of benzene rings is 2. The molecule has 5 heteroatoms. The van der Waals surface area contributed by atoms with Gasteiger partial charge in [0.15, 0.2) is 0 Å². The van der Waals surface area contributed by atoms with Crippen molar-refractivity contribution in [2.75, 3.05) is 0 Å². The second-order valence-electron chi connectivity index (χ2n) is 3.77. The second kappa shape index (κ2) is 6.33. The minimum atomic E-state index is -0.290. The van der Waals surface area contributed by atoms with E-state index < -0.39 is 0 Å². The molecule has 2 aromatic carbocycles. The first-order valence-electron chi connectivity index (χ1n) is 5.54. The Morgan fingerprint density at radius 1 is 1.21 bits per heavy atom. The molecule has 0 fully saturated rings. The Labute approximate surface area is 124 Å². The zero-order valence-corrected chi connectivity index (χ0v) is 12.0. The summed E-state index contributed by atoms with van der Waals surface area (Å²) >= 11 is 2.14. The zero-order chi connectivity index (χ0) is 13.7. The fourth-order valence-corrected chi connectivity index (χ4v) is 1.96. The maximum absolute atomic E-state index is 11.7. The Balaban J connectivity index is 2.04. The third-order valence-corrected chi connectivity index (χ3v) is 3.07. The monoisotopic (exact) mass is 366 g/mol. The number of phenols is 1. The van der Waals surface area contributed by atoms with Crippen LogP contribution < -0.4 is 5.43 Å². The molecule has 96 valence electrons. The number of hydrogen-bond acceptors (Lipinski definition) is 3. The summed E-state index contributed by atoms with van der Waals surface area (Å²) in [6, 6.07) is 13.9. The predicted octanol–water partition coefficient (Wildman–Crippen LogP) is 2.76. The molecular formula is C14H11IN2O2. The van der Waals surface area contributed by atoms with E-state index in [1.54, 1.807) is 42.5 Å². The highest BCUT2D eigenvalue weighted by Gasteiger charge is 2.02. The summed E-state index contributed by atoms with van der Waals surface area (Å²) in [6.07, 6.45) is 1.42. The lowest BCUT2D eigenvalue weighted by atomic mass is 10.2. The molecule has 1 amide bonds. The van der Waals surface area contributed by atoms with Gasteiger partial charge in [0.25, 0.3) is 5.91 Å². The van der Waals surface area contributed by atoms with E-state index in [9.17, 15) is 9.90 Å². The smallest absolute Gasteiger partial charge is 0.271 e. The van der Waals surface area contributed by atoms with Crippen LogP contribution >= 0.6 is 22.6 Å². The molecule has 4 nitrogen and oxygen atoms in total. The molecule has 19 heavy (non-hydrogen) atoms. The fraction of sp³-hybridized carbons (Fsp3) is 0. The number of nitrogens with zero attached hydrogens (tertiary/aromatic N) is 1. The predicted molar refractivity (Wildman–Crippen MR) is 82.3 cm³/mol. The third-order valence-electron chi connectivity index (χ3n) is 2.40. The maximum atomic E-state index is 11.7. The van der Waals surface area contributed by atoms with E-state index in [1.165, 1.54) is 6.21 Å².